The highest BCUT2D eigenvalue weighted by molar-refractivity contribution is 7.19. The third-order valence-electron chi connectivity index (χ3n) is 6.67. The number of nitrogens with one attached hydrogen (secondary N) is 3. The van der Waals surface area contributed by atoms with Crippen LogP contribution in [0.4, 0.5) is 15.8 Å². The molecule has 0 unspecified atom stereocenters. The van der Waals surface area contributed by atoms with Crippen LogP contribution in [0, 0.1) is 5.92 Å². The lowest BCUT2D eigenvalue weighted by Gasteiger charge is -2.30. The summed E-state index contributed by atoms with van der Waals surface area (Å²) in [6.07, 6.45) is 4.72. The summed E-state index contributed by atoms with van der Waals surface area (Å²) < 4.78 is 0. The first-order chi connectivity index (χ1) is 16.8. The van der Waals surface area contributed by atoms with Crippen LogP contribution < -0.4 is 26.8 Å². The number of carbonyl (C=O) groups excluding carboxylic acids is 1. The Bertz CT molecular complexity index is 1080. The van der Waals surface area contributed by atoms with E-state index in [1.165, 1.54) is 11.3 Å². The molecule has 2 aliphatic rings. The summed E-state index contributed by atoms with van der Waals surface area (Å²) in [5.41, 5.74) is 12.7. The predicted octanol–water partition coefficient (Wildman–Crippen LogP) is 3.13. The molecule has 0 radical (unpaired) electrons. The van der Waals surface area contributed by atoms with Crippen molar-refractivity contribution in [2.45, 2.75) is 44.9 Å². The molecule has 0 aliphatic carbocycles. The molecule has 2 aliphatic heterocycles. The van der Waals surface area contributed by atoms with Crippen molar-refractivity contribution in [3.8, 4) is 0 Å². The van der Waals surface area contributed by atoms with Gasteiger partial charge in [-0.05, 0) is 37.5 Å². The monoisotopic (exact) mass is 497 g/mol. The maximum atomic E-state index is 13.4. The van der Waals surface area contributed by atoms with Crippen LogP contribution in [0.5, 0.6) is 0 Å². The van der Waals surface area contributed by atoms with Gasteiger partial charge in [0, 0.05) is 38.1 Å². The normalized spacial score (nSPS) is 20.1. The molecule has 188 valence electrons. The van der Waals surface area contributed by atoms with Gasteiger partial charge in [0.15, 0.2) is 5.13 Å². The maximum absolute atomic E-state index is 13.4. The lowest BCUT2D eigenvalue weighted by Crippen LogP contribution is -2.42. The van der Waals surface area contributed by atoms with Crippen LogP contribution in [0.25, 0.3) is 0 Å². The third-order valence-corrected chi connectivity index (χ3v) is 7.59. The molecule has 1 aromatic heterocycles. The molecule has 0 bridgehead atoms. The molecule has 6 N–H and O–H groups in total. The van der Waals surface area contributed by atoms with Gasteiger partial charge in [-0.2, -0.15) is 0 Å². The number of hydrazine groups is 1. The van der Waals surface area contributed by atoms with Gasteiger partial charge >= 0.3 is 0 Å². The number of rotatable bonds is 9. The van der Waals surface area contributed by atoms with E-state index in [-0.39, 0.29) is 18.0 Å². The van der Waals surface area contributed by atoms with Crippen molar-refractivity contribution in [3.63, 3.8) is 0 Å². The number of anilines is 3. The number of benzene rings is 1. The molecule has 10 heteroatoms. The molecule has 3 heterocycles. The number of hydrogen-bond acceptors (Lipinski definition) is 9. The Kier molecular flexibility index (Phi) is 7.63. The quantitative estimate of drug-likeness (QED) is 0.359. The highest BCUT2D eigenvalue weighted by atomic mass is 32.1. The summed E-state index contributed by atoms with van der Waals surface area (Å²) in [4.78, 5) is 19.8. The number of aromatic nitrogens is 1. The summed E-state index contributed by atoms with van der Waals surface area (Å²) in [5.74, 6) is -0.772. The van der Waals surface area contributed by atoms with Gasteiger partial charge in [-0.15, -0.1) is 0 Å². The minimum Gasteiger partial charge on any atom is -0.389 e. The molecule has 0 saturated carbocycles. The van der Waals surface area contributed by atoms with Crippen molar-refractivity contribution in [1.82, 2.24) is 20.6 Å². The van der Waals surface area contributed by atoms with Crippen molar-refractivity contribution in [2.24, 2.45) is 5.92 Å². The summed E-state index contributed by atoms with van der Waals surface area (Å²) in [6.45, 7) is 9.23. The molecule has 1 fully saturated rings. The van der Waals surface area contributed by atoms with Gasteiger partial charge in [-0.3, -0.25) is 9.80 Å². The summed E-state index contributed by atoms with van der Waals surface area (Å²) >= 11 is 1.38. The number of nitrogens with zero attached hydrogens (tertiary/aromatic N) is 3. The zero-order valence-electron chi connectivity index (χ0n) is 20.5. The predicted molar refractivity (Wildman–Crippen MR) is 142 cm³/mol. The first kappa shape index (κ1) is 25.0. The Balaban J connectivity index is 1.37. The average Bonchev–Trinajstić information content (AvgIpc) is 3.63. The smallest absolute Gasteiger partial charge is 0.228 e. The standard InChI is InChI=1S/C25H35N7O2S/c1-15(24(34)31-13-5-7-20(31)21-23(26)35-25(27-4)30-21)22(33)17(3)29-16(2)18-8-10-19(11-9-18)32-14-6-12-28-32/h6,8-11,14-16,20,22,28-29,33H,3,5,7,12-13,26H2,1-2,4H3,(H,27,30)/t15-,16-,20-,22-/m1/s1. The van der Waals surface area contributed by atoms with Crippen molar-refractivity contribution in [2.75, 3.05) is 36.2 Å². The zero-order chi connectivity index (χ0) is 25.1. The molecule has 35 heavy (non-hydrogen) atoms. The number of aliphatic hydroxyl groups is 1. The largest absolute Gasteiger partial charge is 0.389 e. The second-order valence-corrected chi connectivity index (χ2v) is 10.1. The maximum Gasteiger partial charge on any atom is 0.228 e. The molecule has 1 amide bonds. The number of hydrogen-bond donors (Lipinski definition) is 5. The number of nitrogens with two attached hydrogens (primary N) is 1. The van der Waals surface area contributed by atoms with E-state index in [1.807, 2.05) is 42.4 Å². The van der Waals surface area contributed by atoms with Gasteiger partial charge in [0.25, 0.3) is 0 Å². The minimum absolute atomic E-state index is 0.0788. The first-order valence-electron chi connectivity index (χ1n) is 12.0. The Labute approximate surface area is 210 Å². The van der Waals surface area contributed by atoms with Crippen molar-refractivity contribution < 1.29 is 9.90 Å². The van der Waals surface area contributed by atoms with Crippen molar-refractivity contribution >= 4 is 33.1 Å². The number of aliphatic hydroxyl groups excluding tert-OH is 1. The van der Waals surface area contributed by atoms with Gasteiger partial charge in [0.05, 0.1) is 23.3 Å². The number of nitrogen functional groups attached to an aromatic ring is 1. The van der Waals surface area contributed by atoms with Gasteiger partial charge in [0.1, 0.15) is 11.1 Å². The SMILES string of the molecule is C=C(N[C@H](C)c1ccc(N2C=CCN2)cc1)[C@H](O)[C@@H](C)C(=O)N1CCC[C@@H]1c1nc(NC)sc1N. The number of carbonyl (C=O) groups is 1. The topological polar surface area (TPSA) is 119 Å². The lowest BCUT2D eigenvalue weighted by atomic mass is 9.98. The molecular weight excluding hydrogens is 462 g/mol. The molecule has 1 saturated heterocycles. The Hall–Kier alpha value is -3.08. The lowest BCUT2D eigenvalue weighted by molar-refractivity contribution is -0.138. The minimum atomic E-state index is -1.02. The number of thiazole rings is 1. The first-order valence-corrected chi connectivity index (χ1v) is 12.8. The van der Waals surface area contributed by atoms with E-state index in [0.717, 1.165) is 41.5 Å². The molecule has 4 rings (SSSR count). The molecule has 9 nitrogen and oxygen atoms in total. The second-order valence-electron chi connectivity index (χ2n) is 9.04. The average molecular weight is 498 g/mol. The summed E-state index contributed by atoms with van der Waals surface area (Å²) in [6, 6.07) is 7.92. The Morgan fingerprint density at radius 2 is 2.09 bits per heavy atom. The molecular formula is C25H35N7O2S. The fourth-order valence-corrected chi connectivity index (χ4v) is 5.35. The number of likely N-dealkylation sites (tertiary alicyclic amines) is 1. The van der Waals surface area contributed by atoms with Crippen LogP contribution in [0.2, 0.25) is 0 Å². The fourth-order valence-electron chi connectivity index (χ4n) is 4.61. The van der Waals surface area contributed by atoms with E-state index in [2.05, 4.69) is 33.7 Å². The Morgan fingerprint density at radius 1 is 1.34 bits per heavy atom. The molecule has 2 aromatic rings. The van der Waals surface area contributed by atoms with Gasteiger partial charge in [-0.25, -0.2) is 10.4 Å². The van der Waals surface area contributed by atoms with Gasteiger partial charge < -0.3 is 26.4 Å². The highest BCUT2D eigenvalue weighted by Crippen LogP contribution is 2.39. The van der Waals surface area contributed by atoms with E-state index < -0.39 is 12.0 Å². The zero-order valence-corrected chi connectivity index (χ0v) is 21.3. The summed E-state index contributed by atoms with van der Waals surface area (Å²) in [7, 11) is 1.80. The van der Waals surface area contributed by atoms with E-state index in [1.54, 1.807) is 18.9 Å². The number of amides is 1. The van der Waals surface area contributed by atoms with Crippen LogP contribution in [0.3, 0.4) is 0 Å². The van der Waals surface area contributed by atoms with E-state index in [9.17, 15) is 9.90 Å². The fraction of sp³-hybridized carbons (Fsp3) is 0.440. The highest BCUT2D eigenvalue weighted by Gasteiger charge is 2.37. The van der Waals surface area contributed by atoms with Crippen LogP contribution >= 0.6 is 11.3 Å². The van der Waals surface area contributed by atoms with Crippen LogP contribution in [0.1, 0.15) is 50.0 Å². The van der Waals surface area contributed by atoms with Gasteiger partial charge in [0.2, 0.25) is 5.91 Å². The van der Waals surface area contributed by atoms with Crippen molar-refractivity contribution in [1.29, 1.82) is 0 Å². The molecule has 1 aromatic carbocycles. The van der Waals surface area contributed by atoms with Crippen LogP contribution in [0.15, 0.2) is 48.8 Å². The Morgan fingerprint density at radius 3 is 2.71 bits per heavy atom. The molecule has 4 atom stereocenters. The summed E-state index contributed by atoms with van der Waals surface area (Å²) in [5, 5.41) is 20.6. The second kappa shape index (κ2) is 10.7. The van der Waals surface area contributed by atoms with Gasteiger partial charge in [-0.1, -0.05) is 43.0 Å². The van der Waals surface area contributed by atoms with E-state index >= 15 is 0 Å². The van der Waals surface area contributed by atoms with Crippen LogP contribution in [-0.4, -0.2) is 47.1 Å². The van der Waals surface area contributed by atoms with Crippen molar-refractivity contribution in [3.05, 3.63) is 60.1 Å². The van der Waals surface area contributed by atoms with Crippen LogP contribution in [-0.2, 0) is 4.79 Å². The van der Waals surface area contributed by atoms with E-state index in [4.69, 9.17) is 5.73 Å². The molecule has 0 spiro atoms. The van der Waals surface area contributed by atoms with E-state index in [0.29, 0.717) is 17.2 Å². The third kappa shape index (κ3) is 5.29.